The van der Waals surface area contributed by atoms with Crippen molar-refractivity contribution in [3.8, 4) is 0 Å². The third-order valence-electron chi connectivity index (χ3n) is 9.07. The van der Waals surface area contributed by atoms with Crippen LogP contribution < -0.4 is 0 Å². The number of nitrogens with zero attached hydrogens (tertiary/aromatic N) is 1. The van der Waals surface area contributed by atoms with Gasteiger partial charge in [-0.2, -0.15) is 0 Å². The zero-order valence-electron chi connectivity index (χ0n) is 35.8. The summed E-state index contributed by atoms with van der Waals surface area (Å²) in [6.45, 7) is 4.71. The number of allylic oxidation sites excluding steroid dienone is 8. The van der Waals surface area contributed by atoms with Crippen LogP contribution in [-0.4, -0.2) is 87.4 Å². The second kappa shape index (κ2) is 38.1. The van der Waals surface area contributed by atoms with E-state index >= 15 is 0 Å². The van der Waals surface area contributed by atoms with Gasteiger partial charge in [-0.15, -0.1) is 0 Å². The first kappa shape index (κ1) is 52.2. The van der Waals surface area contributed by atoms with Crippen molar-refractivity contribution in [3.05, 3.63) is 48.6 Å². The average molecular weight is 777 g/mol. The smallest absolute Gasteiger partial charge is 0.361 e. The minimum Gasteiger partial charge on any atom is -0.477 e. The second-order valence-electron chi connectivity index (χ2n) is 15.6. The number of carbonyl (C=O) groups is 3. The number of carboxylic acid groups (broad SMARTS) is 1. The lowest BCUT2D eigenvalue weighted by Crippen LogP contribution is -2.40. The van der Waals surface area contributed by atoms with Crippen LogP contribution in [0.15, 0.2) is 48.6 Å². The van der Waals surface area contributed by atoms with Crippen molar-refractivity contribution in [3.63, 3.8) is 0 Å². The van der Waals surface area contributed by atoms with Crippen molar-refractivity contribution in [1.29, 1.82) is 0 Å². The van der Waals surface area contributed by atoms with Crippen LogP contribution >= 0.6 is 0 Å². The standard InChI is InChI=1S/C46H81NO8/c1-6-8-10-12-14-16-18-20-22-24-26-28-30-32-34-36-43(48)53-40-42(41-54-46(45(50)51)52-39-38-47(3,4)5)55-44(49)37-35-33-31-29-27-25-23-21-19-17-15-13-11-9-7-2/h9,11,15,17,20-23,42,46H,6-8,10,12-14,16,18-19,24-41H2,1-5H3/p+1/b11-9-,17-15-,22-20-,23-21-. The molecule has 0 fully saturated rings. The molecule has 2 unspecified atom stereocenters. The summed E-state index contributed by atoms with van der Waals surface area (Å²) in [5.74, 6) is -2.05. The van der Waals surface area contributed by atoms with E-state index in [1.165, 1.54) is 44.9 Å². The lowest BCUT2D eigenvalue weighted by Gasteiger charge is -2.25. The number of esters is 2. The topological polar surface area (TPSA) is 108 Å². The van der Waals surface area contributed by atoms with Crippen molar-refractivity contribution in [1.82, 2.24) is 0 Å². The number of carboxylic acids is 1. The van der Waals surface area contributed by atoms with Crippen LogP contribution in [0.4, 0.5) is 0 Å². The maximum atomic E-state index is 12.7. The Balaban J connectivity index is 4.51. The first-order chi connectivity index (χ1) is 26.6. The molecule has 0 spiro atoms. The van der Waals surface area contributed by atoms with Gasteiger partial charge in [0.2, 0.25) is 0 Å². The Morgan fingerprint density at radius 3 is 1.56 bits per heavy atom. The molecule has 0 aliphatic heterocycles. The zero-order chi connectivity index (χ0) is 40.7. The zero-order valence-corrected chi connectivity index (χ0v) is 35.8. The quantitative estimate of drug-likeness (QED) is 0.0216. The summed E-state index contributed by atoms with van der Waals surface area (Å²) in [6, 6.07) is 0. The molecule has 0 bridgehead atoms. The molecule has 0 saturated carbocycles. The number of likely N-dealkylation sites (N-methyl/N-ethyl adjacent to an activating group) is 1. The molecular formula is C46H82NO8+. The van der Waals surface area contributed by atoms with Crippen molar-refractivity contribution in [2.24, 2.45) is 0 Å². The van der Waals surface area contributed by atoms with Gasteiger partial charge >= 0.3 is 17.9 Å². The first-order valence-corrected chi connectivity index (χ1v) is 21.8. The Labute approximate surface area is 336 Å². The van der Waals surface area contributed by atoms with Crippen molar-refractivity contribution in [2.75, 3.05) is 47.5 Å². The molecule has 0 amide bonds. The highest BCUT2D eigenvalue weighted by atomic mass is 16.7. The Kier molecular flexibility index (Phi) is 36.2. The highest BCUT2D eigenvalue weighted by Crippen LogP contribution is 2.13. The third kappa shape index (κ3) is 39.3. The number of hydrogen-bond acceptors (Lipinski definition) is 7. The van der Waals surface area contributed by atoms with Crippen LogP contribution in [0.1, 0.15) is 168 Å². The van der Waals surface area contributed by atoms with E-state index in [1.54, 1.807) is 0 Å². The lowest BCUT2D eigenvalue weighted by atomic mass is 10.1. The van der Waals surface area contributed by atoms with Gasteiger partial charge in [0.1, 0.15) is 13.2 Å². The SMILES string of the molecule is CC/C=C\C/C=C\C/C=C\CCCCCCCC(=O)OC(COC(=O)CCCCCCC/C=C\CCCCCCCC)COC(OCC[N+](C)(C)C)C(=O)O. The maximum absolute atomic E-state index is 12.7. The molecule has 9 heteroatoms. The second-order valence-corrected chi connectivity index (χ2v) is 15.6. The van der Waals surface area contributed by atoms with Crippen molar-refractivity contribution < 1.29 is 42.9 Å². The van der Waals surface area contributed by atoms with E-state index in [0.717, 1.165) is 89.9 Å². The Morgan fingerprint density at radius 2 is 1.04 bits per heavy atom. The monoisotopic (exact) mass is 777 g/mol. The van der Waals surface area contributed by atoms with Gasteiger partial charge in [0.05, 0.1) is 34.4 Å². The molecule has 0 aromatic heterocycles. The van der Waals surface area contributed by atoms with E-state index in [-0.39, 0.29) is 38.6 Å². The van der Waals surface area contributed by atoms with Gasteiger partial charge in [0.15, 0.2) is 6.10 Å². The van der Waals surface area contributed by atoms with Gasteiger partial charge in [0, 0.05) is 12.8 Å². The molecule has 0 rings (SSSR count). The van der Waals surface area contributed by atoms with E-state index in [2.05, 4.69) is 62.5 Å². The summed E-state index contributed by atoms with van der Waals surface area (Å²) < 4.78 is 22.7. The van der Waals surface area contributed by atoms with Crippen molar-refractivity contribution in [2.45, 2.75) is 180 Å². The molecule has 318 valence electrons. The van der Waals surface area contributed by atoms with E-state index in [1.807, 2.05) is 21.1 Å². The number of aliphatic carboxylic acids is 1. The van der Waals surface area contributed by atoms with E-state index in [4.69, 9.17) is 18.9 Å². The number of quaternary nitrogens is 1. The molecular weight excluding hydrogens is 695 g/mol. The minimum atomic E-state index is -1.52. The van der Waals surface area contributed by atoms with Crippen LogP contribution in [0.3, 0.4) is 0 Å². The molecule has 9 nitrogen and oxygen atoms in total. The summed E-state index contributed by atoms with van der Waals surface area (Å²) in [7, 11) is 5.94. The summed E-state index contributed by atoms with van der Waals surface area (Å²) in [6.07, 6.45) is 40.2. The molecule has 1 N–H and O–H groups in total. The average Bonchev–Trinajstić information content (AvgIpc) is 3.14. The number of unbranched alkanes of at least 4 members (excludes halogenated alkanes) is 16. The summed E-state index contributed by atoms with van der Waals surface area (Å²) >= 11 is 0. The fourth-order valence-electron chi connectivity index (χ4n) is 5.67. The third-order valence-corrected chi connectivity index (χ3v) is 9.07. The van der Waals surface area contributed by atoms with Gasteiger partial charge in [-0.3, -0.25) is 9.59 Å². The predicted octanol–water partition coefficient (Wildman–Crippen LogP) is 11.2. The normalized spacial score (nSPS) is 13.4. The fraction of sp³-hybridized carbons (Fsp3) is 0.761. The molecule has 0 aliphatic rings. The predicted molar refractivity (Wildman–Crippen MR) is 226 cm³/mol. The maximum Gasteiger partial charge on any atom is 0.361 e. The fourth-order valence-corrected chi connectivity index (χ4v) is 5.67. The van der Waals surface area contributed by atoms with Gasteiger partial charge in [-0.25, -0.2) is 4.79 Å². The number of rotatable bonds is 39. The Hall–Kier alpha value is -2.75. The Morgan fingerprint density at radius 1 is 0.564 bits per heavy atom. The lowest BCUT2D eigenvalue weighted by molar-refractivity contribution is -0.870. The van der Waals surface area contributed by atoms with Gasteiger partial charge in [0.25, 0.3) is 6.29 Å². The largest absolute Gasteiger partial charge is 0.477 e. The number of hydrogen-bond donors (Lipinski definition) is 1. The van der Waals surface area contributed by atoms with Gasteiger partial charge in [-0.1, -0.05) is 133 Å². The number of carbonyl (C=O) groups excluding carboxylic acids is 2. The van der Waals surface area contributed by atoms with Gasteiger partial charge in [-0.05, 0) is 70.6 Å². The molecule has 0 radical (unpaired) electrons. The molecule has 0 aromatic rings. The molecule has 0 aliphatic carbocycles. The van der Waals surface area contributed by atoms with Crippen LogP contribution in [0.2, 0.25) is 0 Å². The van der Waals surface area contributed by atoms with E-state index in [9.17, 15) is 19.5 Å². The summed E-state index contributed by atoms with van der Waals surface area (Å²) in [5.41, 5.74) is 0. The number of ether oxygens (including phenoxy) is 4. The van der Waals surface area contributed by atoms with E-state index < -0.39 is 24.3 Å². The van der Waals surface area contributed by atoms with Crippen LogP contribution in [0, 0.1) is 0 Å². The summed E-state index contributed by atoms with van der Waals surface area (Å²) in [4.78, 5) is 37.1. The summed E-state index contributed by atoms with van der Waals surface area (Å²) in [5, 5.41) is 9.62. The molecule has 0 saturated heterocycles. The highest BCUT2D eigenvalue weighted by molar-refractivity contribution is 5.71. The molecule has 0 heterocycles. The van der Waals surface area contributed by atoms with Crippen molar-refractivity contribution >= 4 is 17.9 Å². The first-order valence-electron chi connectivity index (χ1n) is 21.8. The van der Waals surface area contributed by atoms with Crippen LogP contribution in [0.25, 0.3) is 0 Å². The Bertz CT molecular complexity index is 1050. The van der Waals surface area contributed by atoms with Gasteiger partial charge < -0.3 is 28.5 Å². The van der Waals surface area contributed by atoms with Crippen LogP contribution in [-0.2, 0) is 33.3 Å². The molecule has 55 heavy (non-hydrogen) atoms. The molecule has 0 aromatic carbocycles. The van der Waals surface area contributed by atoms with E-state index in [0.29, 0.717) is 17.4 Å². The molecule has 2 atom stereocenters. The van der Waals surface area contributed by atoms with Crippen LogP contribution in [0.5, 0.6) is 0 Å². The minimum absolute atomic E-state index is 0.181. The highest BCUT2D eigenvalue weighted by Gasteiger charge is 2.25.